The lowest BCUT2D eigenvalue weighted by Crippen LogP contribution is -2.49. The highest BCUT2D eigenvalue weighted by molar-refractivity contribution is 7.92. The van der Waals surface area contributed by atoms with E-state index >= 15 is 0 Å². The van der Waals surface area contributed by atoms with Crippen molar-refractivity contribution >= 4 is 44.3 Å². The van der Waals surface area contributed by atoms with Crippen LogP contribution in [0.3, 0.4) is 0 Å². The molecule has 0 saturated heterocycles. The van der Waals surface area contributed by atoms with Crippen LogP contribution in [0.2, 0.25) is 0 Å². The number of carbonyl (C=O) groups is 3. The van der Waals surface area contributed by atoms with E-state index in [9.17, 15) is 22.8 Å². The molecule has 0 aliphatic carbocycles. The van der Waals surface area contributed by atoms with Gasteiger partial charge in [-0.05, 0) is 61.6 Å². The summed E-state index contributed by atoms with van der Waals surface area (Å²) in [6, 6.07) is 12.9. The summed E-state index contributed by atoms with van der Waals surface area (Å²) in [6.07, 6.45) is 4.35. The summed E-state index contributed by atoms with van der Waals surface area (Å²) in [5.74, 6) is 0.508. The van der Waals surface area contributed by atoms with Crippen LogP contribution in [0.15, 0.2) is 54.7 Å². The molecule has 13 nitrogen and oxygen atoms in total. The Balaban J connectivity index is 1.44. The van der Waals surface area contributed by atoms with E-state index in [1.54, 1.807) is 40.8 Å². The van der Waals surface area contributed by atoms with Crippen LogP contribution in [-0.4, -0.2) is 83.2 Å². The van der Waals surface area contributed by atoms with Crippen molar-refractivity contribution in [2.24, 2.45) is 5.92 Å². The number of amides is 3. The number of benzene rings is 2. The van der Waals surface area contributed by atoms with Crippen LogP contribution in [0.4, 0.5) is 5.69 Å². The number of H-pyrrole nitrogens is 1. The molecule has 0 unspecified atom stereocenters. The number of hydrogen-bond donors (Lipinski definition) is 3. The number of carbonyl (C=O) groups excluding carboxylic acids is 3. The minimum absolute atomic E-state index is 0.114. The molecule has 4 aromatic rings. The van der Waals surface area contributed by atoms with E-state index in [1.807, 2.05) is 30.5 Å². The Kier molecular flexibility index (Phi) is 10.5. The van der Waals surface area contributed by atoms with Gasteiger partial charge in [-0.3, -0.25) is 18.7 Å². The van der Waals surface area contributed by atoms with Gasteiger partial charge in [-0.25, -0.2) is 18.1 Å². The van der Waals surface area contributed by atoms with E-state index in [4.69, 9.17) is 4.98 Å². The number of fused-ring (bicyclic) bond motifs is 2. The number of hydrogen-bond acceptors (Lipinski definition) is 7. The molecule has 256 valence electrons. The van der Waals surface area contributed by atoms with Gasteiger partial charge < -0.3 is 20.5 Å². The van der Waals surface area contributed by atoms with Gasteiger partial charge in [-0.2, -0.15) is 5.10 Å². The smallest absolute Gasteiger partial charge is 0.253 e. The van der Waals surface area contributed by atoms with E-state index < -0.39 is 22.1 Å². The number of nitrogens with zero attached hydrogens (tertiary/aromatic N) is 5. The minimum Gasteiger partial charge on any atom is -0.361 e. The fraction of sp³-hybridized carbons (Fsp3) is 0.441. The molecule has 1 aliphatic heterocycles. The SMILES string of the molecule is Cc1nc2n(n1)CCN(C(=O)c1ccc(N(C)S(C)(=O)=O)cc1)CCCC(=O)N[C@H](Cc1c[nH]c3ccccc13)C(=O)N[C@H]2CC(C)C. The monoisotopic (exact) mass is 676 g/mol. The van der Waals surface area contributed by atoms with Gasteiger partial charge in [0.1, 0.15) is 17.7 Å². The zero-order chi connectivity index (χ0) is 34.6. The maximum absolute atomic E-state index is 13.9. The van der Waals surface area contributed by atoms with Gasteiger partial charge in [0.15, 0.2) is 0 Å². The first-order valence-corrected chi connectivity index (χ1v) is 18.0. The third kappa shape index (κ3) is 8.22. The molecule has 3 heterocycles. The maximum atomic E-state index is 13.9. The van der Waals surface area contributed by atoms with Crippen molar-refractivity contribution in [1.29, 1.82) is 0 Å². The molecule has 48 heavy (non-hydrogen) atoms. The van der Waals surface area contributed by atoms with Gasteiger partial charge in [0.2, 0.25) is 21.8 Å². The van der Waals surface area contributed by atoms with Crippen molar-refractivity contribution in [1.82, 2.24) is 35.3 Å². The molecule has 0 fully saturated rings. The Morgan fingerprint density at radius 3 is 2.46 bits per heavy atom. The molecular weight excluding hydrogens is 632 g/mol. The third-order valence-electron chi connectivity index (χ3n) is 8.57. The van der Waals surface area contributed by atoms with Gasteiger partial charge in [-0.1, -0.05) is 32.0 Å². The van der Waals surface area contributed by atoms with Crippen LogP contribution >= 0.6 is 0 Å². The molecule has 0 spiro atoms. The number of para-hydroxylation sites is 1. The second-order valence-electron chi connectivity index (χ2n) is 12.8. The van der Waals surface area contributed by atoms with Crippen LogP contribution in [-0.2, 0) is 32.6 Å². The van der Waals surface area contributed by atoms with Crippen molar-refractivity contribution in [2.75, 3.05) is 30.7 Å². The minimum atomic E-state index is -3.46. The average molecular weight is 677 g/mol. The van der Waals surface area contributed by atoms with Crippen LogP contribution in [0.1, 0.15) is 66.7 Å². The van der Waals surface area contributed by atoms with Gasteiger partial charge in [0.05, 0.1) is 24.5 Å². The number of anilines is 1. The molecule has 2 aromatic heterocycles. The van der Waals surface area contributed by atoms with Crippen molar-refractivity contribution < 1.29 is 22.8 Å². The Labute approximate surface area is 281 Å². The first-order chi connectivity index (χ1) is 22.8. The number of rotatable bonds is 7. The van der Waals surface area contributed by atoms with Crippen LogP contribution in [0, 0.1) is 12.8 Å². The fourth-order valence-corrected chi connectivity index (χ4v) is 6.52. The van der Waals surface area contributed by atoms with E-state index in [-0.39, 0.29) is 49.6 Å². The summed E-state index contributed by atoms with van der Waals surface area (Å²) >= 11 is 0. The molecule has 5 rings (SSSR count). The molecule has 0 radical (unpaired) electrons. The van der Waals surface area contributed by atoms with Crippen LogP contribution < -0.4 is 14.9 Å². The molecular formula is C34H44N8O5S. The summed E-state index contributed by atoms with van der Waals surface area (Å²) < 4.78 is 26.9. The lowest BCUT2D eigenvalue weighted by atomic mass is 10.0. The number of aromatic nitrogens is 4. The predicted octanol–water partition coefficient (Wildman–Crippen LogP) is 3.33. The highest BCUT2D eigenvalue weighted by Gasteiger charge is 2.29. The highest BCUT2D eigenvalue weighted by Crippen LogP contribution is 2.24. The van der Waals surface area contributed by atoms with Gasteiger partial charge in [0.25, 0.3) is 5.91 Å². The van der Waals surface area contributed by atoms with Crippen LogP contribution in [0.5, 0.6) is 0 Å². The van der Waals surface area contributed by atoms with E-state index in [2.05, 4.69) is 34.6 Å². The lowest BCUT2D eigenvalue weighted by molar-refractivity contribution is -0.129. The summed E-state index contributed by atoms with van der Waals surface area (Å²) in [6.45, 7) is 6.82. The third-order valence-corrected chi connectivity index (χ3v) is 9.77. The molecule has 3 N–H and O–H groups in total. The number of aromatic amines is 1. The van der Waals surface area contributed by atoms with Gasteiger partial charge in [0, 0.05) is 55.6 Å². The predicted molar refractivity (Wildman–Crippen MR) is 184 cm³/mol. The van der Waals surface area contributed by atoms with Crippen LogP contribution in [0.25, 0.3) is 10.9 Å². The maximum Gasteiger partial charge on any atom is 0.253 e. The normalized spacial score (nSPS) is 18.2. The van der Waals surface area contributed by atoms with E-state index in [1.165, 1.54) is 7.05 Å². The zero-order valence-electron chi connectivity index (χ0n) is 28.1. The largest absolute Gasteiger partial charge is 0.361 e. The highest BCUT2D eigenvalue weighted by atomic mass is 32.2. The first kappa shape index (κ1) is 34.6. The van der Waals surface area contributed by atoms with Gasteiger partial charge >= 0.3 is 0 Å². The quantitative estimate of drug-likeness (QED) is 0.271. The second-order valence-corrected chi connectivity index (χ2v) is 14.8. The number of sulfonamides is 1. The zero-order valence-corrected chi connectivity index (χ0v) is 28.9. The molecule has 2 atom stereocenters. The lowest BCUT2D eigenvalue weighted by Gasteiger charge is -2.27. The number of nitrogens with one attached hydrogen (secondary N) is 3. The molecule has 14 heteroatoms. The average Bonchev–Trinajstić information content (AvgIpc) is 3.63. The van der Waals surface area contributed by atoms with E-state index in [0.717, 1.165) is 27.0 Å². The van der Waals surface area contributed by atoms with Crippen molar-refractivity contribution in [3.8, 4) is 0 Å². The standard InChI is InChI=1S/C34H44N8O5S/c1-22(2)19-29-32-36-23(3)39-42(32)18-17-41(34(45)24-12-14-26(15-13-24)40(4)48(5,46)47)16-8-11-31(43)37-30(33(44)38-29)20-25-21-35-28-10-7-6-9-27(25)28/h6-7,9-10,12-15,21-22,29-30,35H,8,11,16-20H2,1-5H3,(H,37,43)(H,38,44)/t29-,30+/m0/s1. The number of aryl methyl sites for hydroxylation is 1. The molecule has 1 aliphatic rings. The molecule has 3 amide bonds. The first-order valence-electron chi connectivity index (χ1n) is 16.2. The topological polar surface area (TPSA) is 162 Å². The Hall–Kier alpha value is -4.72. The fourth-order valence-electron chi connectivity index (χ4n) is 6.01. The Bertz CT molecular complexity index is 1880. The van der Waals surface area contributed by atoms with Crippen molar-refractivity contribution in [3.05, 3.63) is 77.5 Å². The molecule has 0 saturated carbocycles. The Morgan fingerprint density at radius 2 is 1.75 bits per heavy atom. The van der Waals surface area contributed by atoms with Crippen molar-refractivity contribution in [3.63, 3.8) is 0 Å². The summed E-state index contributed by atoms with van der Waals surface area (Å²) in [5.41, 5.74) is 2.69. The van der Waals surface area contributed by atoms with Crippen molar-refractivity contribution in [2.45, 2.75) is 65.1 Å². The Morgan fingerprint density at radius 1 is 1.02 bits per heavy atom. The summed E-state index contributed by atoms with van der Waals surface area (Å²) in [4.78, 5) is 50.7. The summed E-state index contributed by atoms with van der Waals surface area (Å²) in [7, 11) is -2.00. The molecule has 2 aromatic carbocycles. The van der Waals surface area contributed by atoms with Gasteiger partial charge in [-0.15, -0.1) is 0 Å². The second kappa shape index (κ2) is 14.6. The summed E-state index contributed by atoms with van der Waals surface area (Å²) in [5, 5.41) is 11.8. The molecule has 0 bridgehead atoms. The van der Waals surface area contributed by atoms with E-state index in [0.29, 0.717) is 42.3 Å².